The van der Waals surface area contributed by atoms with Crippen molar-refractivity contribution in [3.05, 3.63) is 29.8 Å². The molecular weight excluding hydrogens is 258 g/mol. The summed E-state index contributed by atoms with van der Waals surface area (Å²) in [6, 6.07) is 7.54. The monoisotopic (exact) mass is 277 g/mol. The molecule has 0 aromatic heterocycles. The molecule has 1 amide bonds. The summed E-state index contributed by atoms with van der Waals surface area (Å²) >= 11 is 0. The summed E-state index contributed by atoms with van der Waals surface area (Å²) in [5.41, 5.74) is -0.0202. The normalized spacial score (nSPS) is 19.4. The Bertz CT molecular complexity index is 503. The summed E-state index contributed by atoms with van der Waals surface area (Å²) in [4.78, 5) is 24.0. The second-order valence-corrected chi connectivity index (χ2v) is 5.08. The van der Waals surface area contributed by atoms with Gasteiger partial charge in [0, 0.05) is 6.42 Å². The third-order valence-corrected chi connectivity index (χ3v) is 3.68. The van der Waals surface area contributed by atoms with Crippen molar-refractivity contribution >= 4 is 11.9 Å². The summed E-state index contributed by atoms with van der Waals surface area (Å²) in [7, 11) is 1.31. The molecule has 0 bridgehead atoms. The molecule has 1 heterocycles. The van der Waals surface area contributed by atoms with Crippen molar-refractivity contribution in [1.29, 1.82) is 0 Å². The lowest BCUT2D eigenvalue weighted by Crippen LogP contribution is -2.55. The molecule has 108 valence electrons. The van der Waals surface area contributed by atoms with E-state index in [0.717, 1.165) is 11.3 Å². The molecule has 0 fully saturated rings. The number of methoxy groups -OCH3 is 1. The van der Waals surface area contributed by atoms with Gasteiger partial charge < -0.3 is 14.8 Å². The lowest BCUT2D eigenvalue weighted by Gasteiger charge is -2.27. The average molecular weight is 277 g/mol. The standard InChI is InChI=1S/C15H19NO4/c1-4-15(2,14(18)19-3)16-13(17)12-9-10-7-5-6-8-11(10)20-12/h5-8,12H,4,9H2,1-3H3,(H,16,17)/t12-,15+/m1/s1. The summed E-state index contributed by atoms with van der Waals surface area (Å²) in [6.07, 6.45) is 0.372. The average Bonchev–Trinajstić information content (AvgIpc) is 2.90. The Kier molecular flexibility index (Phi) is 3.97. The maximum atomic E-state index is 12.3. The van der Waals surface area contributed by atoms with E-state index in [4.69, 9.17) is 9.47 Å². The number of hydrogen-bond acceptors (Lipinski definition) is 4. The van der Waals surface area contributed by atoms with Crippen molar-refractivity contribution in [1.82, 2.24) is 5.32 Å². The smallest absolute Gasteiger partial charge is 0.331 e. The van der Waals surface area contributed by atoms with Crippen LogP contribution < -0.4 is 10.1 Å². The highest BCUT2D eigenvalue weighted by molar-refractivity contribution is 5.90. The van der Waals surface area contributed by atoms with Crippen LogP contribution in [0.25, 0.3) is 0 Å². The van der Waals surface area contributed by atoms with Gasteiger partial charge in [-0.25, -0.2) is 4.79 Å². The van der Waals surface area contributed by atoms with Crippen molar-refractivity contribution in [2.45, 2.75) is 38.3 Å². The molecule has 2 rings (SSSR count). The maximum absolute atomic E-state index is 12.3. The van der Waals surface area contributed by atoms with Crippen LogP contribution in [0.2, 0.25) is 0 Å². The van der Waals surface area contributed by atoms with E-state index in [0.29, 0.717) is 12.8 Å². The first-order chi connectivity index (χ1) is 9.50. The SMILES string of the molecule is CC[C@](C)(NC(=O)[C@H]1Cc2ccccc2O1)C(=O)OC. The van der Waals surface area contributed by atoms with Crippen LogP contribution in [0.3, 0.4) is 0 Å². The molecule has 0 spiro atoms. The van der Waals surface area contributed by atoms with E-state index in [2.05, 4.69) is 5.32 Å². The molecule has 0 unspecified atom stereocenters. The zero-order valence-electron chi connectivity index (χ0n) is 11.9. The largest absolute Gasteiger partial charge is 0.480 e. The number of rotatable bonds is 4. The molecule has 1 aromatic rings. The third-order valence-electron chi connectivity index (χ3n) is 3.68. The first-order valence-electron chi connectivity index (χ1n) is 6.65. The van der Waals surface area contributed by atoms with Gasteiger partial charge in [0.2, 0.25) is 0 Å². The van der Waals surface area contributed by atoms with Gasteiger partial charge in [-0.05, 0) is 25.0 Å². The number of hydrogen-bond donors (Lipinski definition) is 1. The molecule has 0 saturated heterocycles. The van der Waals surface area contributed by atoms with E-state index in [1.165, 1.54) is 7.11 Å². The van der Waals surface area contributed by atoms with Gasteiger partial charge >= 0.3 is 5.97 Å². The molecule has 5 heteroatoms. The highest BCUT2D eigenvalue weighted by Gasteiger charge is 2.38. The number of nitrogens with one attached hydrogen (secondary N) is 1. The Balaban J connectivity index is 2.05. The molecule has 0 aliphatic carbocycles. The predicted octanol–water partition coefficient (Wildman–Crippen LogP) is 1.45. The molecule has 20 heavy (non-hydrogen) atoms. The van der Waals surface area contributed by atoms with Crippen LogP contribution in [-0.4, -0.2) is 30.6 Å². The van der Waals surface area contributed by atoms with Gasteiger partial charge in [-0.3, -0.25) is 4.79 Å². The molecule has 1 aliphatic rings. The number of ether oxygens (including phenoxy) is 2. The zero-order valence-corrected chi connectivity index (χ0v) is 11.9. The number of fused-ring (bicyclic) bond motifs is 1. The van der Waals surface area contributed by atoms with Crippen LogP contribution in [-0.2, 0) is 20.7 Å². The van der Waals surface area contributed by atoms with Crippen LogP contribution in [0.4, 0.5) is 0 Å². The molecule has 1 aliphatic heterocycles. The van der Waals surface area contributed by atoms with Gasteiger partial charge in [0.05, 0.1) is 7.11 Å². The minimum atomic E-state index is -1.02. The van der Waals surface area contributed by atoms with E-state index in [1.54, 1.807) is 6.92 Å². The molecular formula is C15H19NO4. The number of benzene rings is 1. The second kappa shape index (κ2) is 5.53. The van der Waals surface area contributed by atoms with Crippen molar-refractivity contribution in [3.63, 3.8) is 0 Å². The fourth-order valence-electron chi connectivity index (χ4n) is 2.19. The van der Waals surface area contributed by atoms with Crippen LogP contribution in [0, 0.1) is 0 Å². The van der Waals surface area contributed by atoms with Crippen LogP contribution in [0.15, 0.2) is 24.3 Å². The van der Waals surface area contributed by atoms with Crippen molar-refractivity contribution in [3.8, 4) is 5.75 Å². The zero-order chi connectivity index (χ0) is 14.8. The third kappa shape index (κ3) is 2.61. The Hall–Kier alpha value is -2.04. The van der Waals surface area contributed by atoms with Crippen molar-refractivity contribution < 1.29 is 19.1 Å². The topological polar surface area (TPSA) is 64.6 Å². The summed E-state index contributed by atoms with van der Waals surface area (Å²) in [5, 5.41) is 2.73. The first kappa shape index (κ1) is 14.4. The molecule has 1 N–H and O–H groups in total. The van der Waals surface area contributed by atoms with Gasteiger partial charge in [0.15, 0.2) is 6.10 Å². The number of carbonyl (C=O) groups excluding carboxylic acids is 2. The number of carbonyl (C=O) groups is 2. The Labute approximate surface area is 118 Å². The van der Waals surface area contributed by atoms with E-state index in [9.17, 15) is 9.59 Å². The van der Waals surface area contributed by atoms with E-state index in [-0.39, 0.29) is 5.91 Å². The number of esters is 1. The quantitative estimate of drug-likeness (QED) is 0.846. The molecule has 0 radical (unpaired) electrons. The predicted molar refractivity (Wildman–Crippen MR) is 73.4 cm³/mol. The maximum Gasteiger partial charge on any atom is 0.331 e. The van der Waals surface area contributed by atoms with Crippen LogP contribution in [0.5, 0.6) is 5.75 Å². The minimum absolute atomic E-state index is 0.295. The fourth-order valence-corrected chi connectivity index (χ4v) is 2.19. The number of para-hydroxylation sites is 1. The second-order valence-electron chi connectivity index (χ2n) is 5.08. The summed E-state index contributed by atoms with van der Waals surface area (Å²) < 4.78 is 10.3. The molecule has 5 nitrogen and oxygen atoms in total. The Morgan fingerprint density at radius 1 is 1.45 bits per heavy atom. The first-order valence-corrected chi connectivity index (χ1v) is 6.65. The van der Waals surface area contributed by atoms with Gasteiger partial charge in [0.25, 0.3) is 5.91 Å². The van der Waals surface area contributed by atoms with Gasteiger partial charge in [-0.1, -0.05) is 25.1 Å². The lowest BCUT2D eigenvalue weighted by atomic mass is 9.98. The van der Waals surface area contributed by atoms with E-state index < -0.39 is 17.6 Å². The molecule has 0 saturated carbocycles. The van der Waals surface area contributed by atoms with Gasteiger partial charge in [-0.15, -0.1) is 0 Å². The van der Waals surface area contributed by atoms with Gasteiger partial charge in [0.1, 0.15) is 11.3 Å². The lowest BCUT2D eigenvalue weighted by molar-refractivity contribution is -0.151. The van der Waals surface area contributed by atoms with E-state index in [1.807, 2.05) is 31.2 Å². The molecule has 2 atom stereocenters. The van der Waals surface area contributed by atoms with Gasteiger partial charge in [-0.2, -0.15) is 0 Å². The Morgan fingerprint density at radius 2 is 2.15 bits per heavy atom. The fraction of sp³-hybridized carbons (Fsp3) is 0.467. The van der Waals surface area contributed by atoms with Crippen molar-refractivity contribution in [2.75, 3.05) is 7.11 Å². The van der Waals surface area contributed by atoms with E-state index >= 15 is 0 Å². The van der Waals surface area contributed by atoms with Crippen LogP contribution >= 0.6 is 0 Å². The Morgan fingerprint density at radius 3 is 2.75 bits per heavy atom. The van der Waals surface area contributed by atoms with Crippen LogP contribution in [0.1, 0.15) is 25.8 Å². The summed E-state index contributed by atoms with van der Waals surface area (Å²) in [5.74, 6) is -0.0243. The van der Waals surface area contributed by atoms with Crippen molar-refractivity contribution in [2.24, 2.45) is 0 Å². The number of amides is 1. The summed E-state index contributed by atoms with van der Waals surface area (Å²) in [6.45, 7) is 3.47. The molecule has 1 aromatic carbocycles. The minimum Gasteiger partial charge on any atom is -0.480 e. The highest BCUT2D eigenvalue weighted by atomic mass is 16.5. The highest BCUT2D eigenvalue weighted by Crippen LogP contribution is 2.28.